The Morgan fingerprint density at radius 3 is 2.78 bits per heavy atom. The highest BCUT2D eigenvalue weighted by atomic mass is 16.8. The van der Waals surface area contributed by atoms with Gasteiger partial charge < -0.3 is 25.6 Å². The second-order valence-corrected chi connectivity index (χ2v) is 8.68. The van der Waals surface area contributed by atoms with Crippen LogP contribution in [0.15, 0.2) is 54.6 Å². The minimum atomic E-state index is -0.899. The molecule has 190 valence electrons. The van der Waals surface area contributed by atoms with Crippen molar-refractivity contribution in [3.8, 4) is 11.5 Å². The summed E-state index contributed by atoms with van der Waals surface area (Å²) in [5.41, 5.74) is 14.9. The van der Waals surface area contributed by atoms with Crippen LogP contribution in [0.5, 0.6) is 11.5 Å². The van der Waals surface area contributed by atoms with Crippen LogP contribution in [0, 0.1) is 6.92 Å². The Balaban J connectivity index is 1.62. The maximum absolute atomic E-state index is 11.8. The van der Waals surface area contributed by atoms with Crippen molar-refractivity contribution in [2.24, 2.45) is 0 Å². The van der Waals surface area contributed by atoms with Crippen molar-refractivity contribution < 1.29 is 24.3 Å². The summed E-state index contributed by atoms with van der Waals surface area (Å²) in [6.45, 7) is 3.53. The normalized spacial score (nSPS) is 14.4. The van der Waals surface area contributed by atoms with Crippen LogP contribution in [0.1, 0.15) is 34.6 Å². The van der Waals surface area contributed by atoms with Crippen molar-refractivity contribution >= 4 is 23.0 Å². The van der Waals surface area contributed by atoms with Crippen LogP contribution in [-0.4, -0.2) is 43.4 Å². The lowest BCUT2D eigenvalue weighted by molar-refractivity contribution is -0.147. The zero-order valence-electron chi connectivity index (χ0n) is 20.7. The summed E-state index contributed by atoms with van der Waals surface area (Å²) in [7, 11) is 3.33. The highest BCUT2D eigenvalue weighted by molar-refractivity contribution is 5.76. The number of carboxylic acid groups (broad SMARTS) is 1. The van der Waals surface area contributed by atoms with Gasteiger partial charge in [0.2, 0.25) is 0 Å². The Morgan fingerprint density at radius 2 is 2.03 bits per heavy atom. The molecule has 9 nitrogen and oxygen atoms in total. The quantitative estimate of drug-likeness (QED) is 0.340. The fourth-order valence-corrected chi connectivity index (χ4v) is 4.37. The second-order valence-electron chi connectivity index (χ2n) is 8.68. The first kappa shape index (κ1) is 25.2. The van der Waals surface area contributed by atoms with Gasteiger partial charge >= 0.3 is 5.97 Å². The van der Waals surface area contributed by atoms with Gasteiger partial charge in [0, 0.05) is 13.0 Å². The summed E-state index contributed by atoms with van der Waals surface area (Å²) in [6.07, 6.45) is -0.0869. The van der Waals surface area contributed by atoms with E-state index in [0.717, 1.165) is 33.7 Å². The van der Waals surface area contributed by atoms with E-state index in [0.29, 0.717) is 36.8 Å². The molecule has 0 spiro atoms. The third kappa shape index (κ3) is 5.64. The molecule has 3 aromatic rings. The molecule has 1 atom stereocenters. The van der Waals surface area contributed by atoms with E-state index in [9.17, 15) is 9.90 Å². The average molecular weight is 493 g/mol. The Labute approximate surface area is 210 Å². The summed E-state index contributed by atoms with van der Waals surface area (Å²) in [5, 5.41) is 14.5. The van der Waals surface area contributed by atoms with Crippen molar-refractivity contribution in [3.05, 3.63) is 76.9 Å². The number of hydrogen-bond donors (Lipinski definition) is 4. The first-order valence-electron chi connectivity index (χ1n) is 11.8. The van der Waals surface area contributed by atoms with Gasteiger partial charge in [-0.15, -0.1) is 0 Å². The monoisotopic (exact) mass is 492 g/mol. The molecule has 4 rings (SSSR count). The topological polar surface area (TPSA) is 118 Å². The molecular weight excluding hydrogens is 460 g/mol. The molecule has 0 fully saturated rings. The third-order valence-corrected chi connectivity index (χ3v) is 6.30. The number of aryl methyl sites for hydroxylation is 1. The molecule has 0 aliphatic carbocycles. The van der Waals surface area contributed by atoms with Gasteiger partial charge in [-0.1, -0.05) is 30.3 Å². The van der Waals surface area contributed by atoms with Crippen LogP contribution in [-0.2, 0) is 16.3 Å². The number of nitrogens with zero attached hydrogens (tertiary/aromatic N) is 1. The summed E-state index contributed by atoms with van der Waals surface area (Å²) in [6, 6.07) is 17.3. The van der Waals surface area contributed by atoms with E-state index in [4.69, 9.17) is 20.1 Å². The summed E-state index contributed by atoms with van der Waals surface area (Å²) in [5.74, 6) is -0.00328. The largest absolute Gasteiger partial charge is 0.494 e. The van der Waals surface area contributed by atoms with Crippen molar-refractivity contribution in [2.75, 3.05) is 43.8 Å². The van der Waals surface area contributed by atoms with Crippen LogP contribution in [0.25, 0.3) is 0 Å². The molecule has 1 unspecified atom stereocenters. The number of anilines is 3. The van der Waals surface area contributed by atoms with E-state index >= 15 is 0 Å². The zero-order chi connectivity index (χ0) is 25.7. The molecule has 0 saturated carbocycles. The fraction of sp³-hybridized carbons (Fsp3) is 0.296. The minimum absolute atomic E-state index is 0.0869. The van der Waals surface area contributed by atoms with Crippen LogP contribution < -0.4 is 26.0 Å². The summed E-state index contributed by atoms with van der Waals surface area (Å²) >= 11 is 0. The molecule has 5 N–H and O–H groups in total. The van der Waals surface area contributed by atoms with Crippen molar-refractivity contribution in [3.63, 3.8) is 0 Å². The third-order valence-electron chi connectivity index (χ3n) is 6.30. The highest BCUT2D eigenvalue weighted by Crippen LogP contribution is 2.38. The van der Waals surface area contributed by atoms with Gasteiger partial charge in [0.25, 0.3) is 0 Å². The minimum Gasteiger partial charge on any atom is -0.494 e. The number of nitrogens with one attached hydrogen (secondary N) is 2. The molecule has 0 saturated heterocycles. The van der Waals surface area contributed by atoms with Crippen LogP contribution >= 0.6 is 0 Å². The van der Waals surface area contributed by atoms with E-state index in [1.807, 2.05) is 61.5 Å². The molecule has 9 heteroatoms. The molecule has 0 aromatic heterocycles. The number of carboxylic acids is 1. The number of rotatable bonds is 8. The fourth-order valence-electron chi connectivity index (χ4n) is 4.37. The first-order chi connectivity index (χ1) is 17.4. The zero-order valence-corrected chi connectivity index (χ0v) is 20.7. The van der Waals surface area contributed by atoms with Gasteiger partial charge in [0.15, 0.2) is 0 Å². The Morgan fingerprint density at radius 1 is 1.22 bits per heavy atom. The van der Waals surface area contributed by atoms with Crippen molar-refractivity contribution in [2.45, 2.75) is 25.8 Å². The lowest BCUT2D eigenvalue weighted by atomic mass is 9.86. The number of nitrogens with two attached hydrogens (primary N) is 1. The molecule has 0 amide bonds. The first-order valence-corrected chi connectivity index (χ1v) is 11.8. The van der Waals surface area contributed by atoms with Crippen LogP contribution in [0.3, 0.4) is 0 Å². The molecule has 36 heavy (non-hydrogen) atoms. The predicted molar refractivity (Wildman–Crippen MR) is 139 cm³/mol. The lowest BCUT2D eigenvalue weighted by Gasteiger charge is -2.27. The van der Waals surface area contributed by atoms with Crippen LogP contribution in [0.4, 0.5) is 17.1 Å². The van der Waals surface area contributed by atoms with E-state index in [-0.39, 0.29) is 6.42 Å². The standard InChI is InChI=1S/C27H32N4O5/c1-17-8-9-18(21(15-26(32)33)19-13-22(28)27(29-2)25(14-19)34-3)12-20(17)16-31-10-11-35-24-7-5-4-6-23(24)30-36-31/h4-9,12-14,21,29-30H,10-11,15-16,28H2,1-3H3,(H,32,33). The molecule has 1 aliphatic rings. The van der Waals surface area contributed by atoms with Gasteiger partial charge in [-0.2, -0.15) is 10.0 Å². The number of para-hydroxylation sites is 2. The Hall–Kier alpha value is -3.95. The maximum Gasteiger partial charge on any atom is 0.304 e. The number of hydroxylamine groups is 2. The molecule has 0 radical (unpaired) electrons. The molecule has 1 heterocycles. The number of carbonyl (C=O) groups is 1. The van der Waals surface area contributed by atoms with Crippen molar-refractivity contribution in [1.29, 1.82) is 0 Å². The van der Waals surface area contributed by atoms with Gasteiger partial charge in [0.1, 0.15) is 23.8 Å². The van der Waals surface area contributed by atoms with Gasteiger partial charge in [-0.3, -0.25) is 4.79 Å². The Bertz CT molecular complexity index is 1230. The van der Waals surface area contributed by atoms with E-state index in [1.165, 1.54) is 0 Å². The van der Waals surface area contributed by atoms with E-state index < -0.39 is 11.9 Å². The van der Waals surface area contributed by atoms with E-state index in [2.05, 4.69) is 10.8 Å². The number of aliphatic carboxylic acids is 1. The van der Waals surface area contributed by atoms with E-state index in [1.54, 1.807) is 19.2 Å². The number of benzene rings is 3. The summed E-state index contributed by atoms with van der Waals surface area (Å²) < 4.78 is 11.4. The number of fused-ring (bicyclic) bond motifs is 1. The van der Waals surface area contributed by atoms with Crippen molar-refractivity contribution in [1.82, 2.24) is 5.06 Å². The maximum atomic E-state index is 11.8. The second kappa shape index (κ2) is 11.2. The Kier molecular flexibility index (Phi) is 7.82. The SMILES string of the molecule is CNc1c(N)cc(C(CC(=O)O)c2ccc(C)c(CN3CCOc4ccccc4NO3)c2)cc1OC. The average Bonchev–Trinajstić information content (AvgIpc) is 2.85. The van der Waals surface area contributed by atoms with Crippen LogP contribution in [0.2, 0.25) is 0 Å². The molecular formula is C27H32N4O5. The number of methoxy groups -OCH3 is 1. The predicted octanol–water partition coefficient (Wildman–Crippen LogP) is 4.39. The number of nitrogen functional groups attached to an aromatic ring is 1. The van der Waals surface area contributed by atoms with Gasteiger partial charge in [0.05, 0.1) is 38.0 Å². The van der Waals surface area contributed by atoms with Gasteiger partial charge in [-0.05, 0) is 53.4 Å². The molecule has 1 aliphatic heterocycles. The number of ether oxygens (including phenoxy) is 2. The summed E-state index contributed by atoms with van der Waals surface area (Å²) in [4.78, 5) is 17.7. The molecule has 3 aromatic carbocycles. The smallest absolute Gasteiger partial charge is 0.304 e. The number of hydrogen-bond acceptors (Lipinski definition) is 8. The highest BCUT2D eigenvalue weighted by Gasteiger charge is 2.23. The molecule has 0 bridgehead atoms. The lowest BCUT2D eigenvalue weighted by Crippen LogP contribution is -2.32. The van der Waals surface area contributed by atoms with Gasteiger partial charge in [-0.25, -0.2) is 5.48 Å².